The van der Waals surface area contributed by atoms with Crippen LogP contribution in [-0.4, -0.2) is 10.9 Å². The van der Waals surface area contributed by atoms with Crippen molar-refractivity contribution in [2.24, 2.45) is 5.73 Å². The fourth-order valence-electron chi connectivity index (χ4n) is 0.851. The van der Waals surface area contributed by atoms with Crippen molar-refractivity contribution in [1.82, 2.24) is 0 Å². The van der Waals surface area contributed by atoms with E-state index in [0.29, 0.717) is 5.69 Å². The van der Waals surface area contributed by atoms with E-state index in [1.165, 1.54) is 6.07 Å². The molecule has 0 amide bonds. The average Bonchev–Trinajstić information content (AvgIpc) is 1.85. The van der Waals surface area contributed by atoms with E-state index in [0.717, 1.165) is 0 Å². The van der Waals surface area contributed by atoms with E-state index in [9.17, 15) is 0 Å². The van der Waals surface area contributed by atoms with Gasteiger partial charge in [-0.05, 0) is 12.1 Å². The first-order valence-electron chi connectivity index (χ1n) is 3.04. The molecule has 0 aliphatic rings. The highest BCUT2D eigenvalue weighted by Gasteiger charge is 2.06. The topological polar surface area (TPSA) is 96.1 Å². The van der Waals surface area contributed by atoms with E-state index in [1.807, 2.05) is 0 Å². The van der Waals surface area contributed by atoms with Crippen molar-refractivity contribution in [3.8, 4) is 5.75 Å². The second kappa shape index (κ2) is 2.49. The number of anilines is 1. The number of nitrogens with two attached hydrogens (primary N) is 2. The summed E-state index contributed by atoms with van der Waals surface area (Å²) in [4.78, 5) is 0. The van der Waals surface area contributed by atoms with Crippen molar-refractivity contribution in [2.75, 3.05) is 5.73 Å². The van der Waals surface area contributed by atoms with Crippen LogP contribution in [0.2, 0.25) is 0 Å². The van der Waals surface area contributed by atoms with Gasteiger partial charge in [-0.2, -0.15) is 0 Å². The molecule has 0 unspecified atom stereocenters. The van der Waals surface area contributed by atoms with Crippen molar-refractivity contribution in [3.05, 3.63) is 23.8 Å². The number of phenolic OH excluding ortho intramolecular Hbond substituents is 1. The normalized spacial score (nSPS) is 9.45. The average molecular weight is 151 g/mol. The molecule has 0 heterocycles. The van der Waals surface area contributed by atoms with Crippen LogP contribution in [0.15, 0.2) is 18.2 Å². The van der Waals surface area contributed by atoms with E-state index in [2.05, 4.69) is 0 Å². The third-order valence-corrected chi connectivity index (χ3v) is 1.34. The Bertz CT molecular complexity index is 275. The fourth-order valence-corrected chi connectivity index (χ4v) is 0.851. The van der Waals surface area contributed by atoms with Crippen LogP contribution >= 0.6 is 0 Å². The van der Waals surface area contributed by atoms with Crippen LogP contribution in [0.3, 0.4) is 0 Å². The molecule has 0 aliphatic carbocycles. The lowest BCUT2D eigenvalue weighted by atomic mass is 10.1. The van der Waals surface area contributed by atoms with Gasteiger partial charge in [0, 0.05) is 5.69 Å². The zero-order chi connectivity index (χ0) is 8.43. The fraction of sp³-hybridized carbons (Fsp3) is 0. The summed E-state index contributed by atoms with van der Waals surface area (Å²) in [5.41, 5.74) is 11.1. The van der Waals surface area contributed by atoms with Gasteiger partial charge < -0.3 is 16.6 Å². The summed E-state index contributed by atoms with van der Waals surface area (Å²) in [7, 11) is 0. The summed E-state index contributed by atoms with van der Waals surface area (Å²) in [5.74, 6) is -0.280. The summed E-state index contributed by atoms with van der Waals surface area (Å²) in [6, 6.07) is 4.61. The Morgan fingerprint density at radius 2 is 2.09 bits per heavy atom. The lowest BCUT2D eigenvalue weighted by molar-refractivity contribution is 0.474. The molecule has 0 bridgehead atoms. The Labute approximate surface area is 64.0 Å². The minimum absolute atomic E-state index is 0.0579. The van der Waals surface area contributed by atoms with Crippen molar-refractivity contribution >= 4 is 11.5 Å². The van der Waals surface area contributed by atoms with Crippen LogP contribution in [0.25, 0.3) is 0 Å². The highest BCUT2D eigenvalue weighted by Crippen LogP contribution is 2.21. The van der Waals surface area contributed by atoms with Gasteiger partial charge in [0.25, 0.3) is 0 Å². The van der Waals surface area contributed by atoms with Gasteiger partial charge in [-0.3, -0.25) is 5.41 Å². The van der Waals surface area contributed by atoms with Crippen LogP contribution in [0, 0.1) is 5.41 Å². The molecule has 4 nitrogen and oxygen atoms in total. The summed E-state index contributed by atoms with van der Waals surface area (Å²) < 4.78 is 0. The lowest BCUT2D eigenvalue weighted by Gasteiger charge is -2.04. The highest BCUT2D eigenvalue weighted by molar-refractivity contribution is 6.02. The molecule has 0 radical (unpaired) electrons. The largest absolute Gasteiger partial charge is 0.507 e. The van der Waals surface area contributed by atoms with Crippen molar-refractivity contribution in [1.29, 1.82) is 5.41 Å². The van der Waals surface area contributed by atoms with Crippen LogP contribution in [-0.2, 0) is 0 Å². The lowest BCUT2D eigenvalue weighted by Crippen LogP contribution is -2.13. The molecule has 4 heteroatoms. The number of rotatable bonds is 1. The predicted octanol–water partition coefficient (Wildman–Crippen LogP) is 0.258. The monoisotopic (exact) mass is 151 g/mol. The van der Waals surface area contributed by atoms with Crippen LogP contribution in [0.5, 0.6) is 5.75 Å². The van der Waals surface area contributed by atoms with E-state index in [-0.39, 0.29) is 17.1 Å². The third kappa shape index (κ3) is 1.24. The van der Waals surface area contributed by atoms with Crippen molar-refractivity contribution in [3.63, 3.8) is 0 Å². The minimum atomic E-state index is -0.222. The Kier molecular flexibility index (Phi) is 1.68. The molecule has 1 aromatic rings. The maximum Gasteiger partial charge on any atom is 0.128 e. The molecule has 0 saturated heterocycles. The summed E-state index contributed by atoms with van der Waals surface area (Å²) in [6.45, 7) is 0. The Morgan fingerprint density at radius 1 is 1.45 bits per heavy atom. The number of aromatic hydroxyl groups is 1. The molecular formula is C7H9N3O. The van der Waals surface area contributed by atoms with Crippen LogP contribution in [0.4, 0.5) is 5.69 Å². The first-order valence-corrected chi connectivity index (χ1v) is 3.04. The number of hydrogen-bond acceptors (Lipinski definition) is 3. The SMILES string of the molecule is N=C(N)c1c(N)cccc1O. The summed E-state index contributed by atoms with van der Waals surface area (Å²) in [6.07, 6.45) is 0. The van der Waals surface area contributed by atoms with Gasteiger partial charge in [0.05, 0.1) is 5.56 Å². The van der Waals surface area contributed by atoms with Gasteiger partial charge >= 0.3 is 0 Å². The van der Waals surface area contributed by atoms with Gasteiger partial charge in [-0.15, -0.1) is 0 Å². The van der Waals surface area contributed by atoms with Gasteiger partial charge in [-0.25, -0.2) is 0 Å². The summed E-state index contributed by atoms with van der Waals surface area (Å²) in [5, 5.41) is 16.2. The molecule has 1 rings (SSSR count). The smallest absolute Gasteiger partial charge is 0.128 e. The molecule has 0 saturated carbocycles. The van der Waals surface area contributed by atoms with E-state index in [1.54, 1.807) is 12.1 Å². The second-order valence-corrected chi connectivity index (χ2v) is 2.16. The quantitative estimate of drug-likeness (QED) is 0.263. The van der Waals surface area contributed by atoms with Gasteiger partial charge in [0.2, 0.25) is 0 Å². The maximum atomic E-state index is 9.16. The van der Waals surface area contributed by atoms with Crippen molar-refractivity contribution < 1.29 is 5.11 Å². The van der Waals surface area contributed by atoms with E-state index in [4.69, 9.17) is 22.0 Å². The number of nitrogen functional groups attached to an aromatic ring is 2. The zero-order valence-electron chi connectivity index (χ0n) is 5.83. The number of benzene rings is 1. The first-order chi connectivity index (χ1) is 5.13. The molecule has 6 N–H and O–H groups in total. The van der Waals surface area contributed by atoms with Gasteiger partial charge in [0.15, 0.2) is 0 Å². The van der Waals surface area contributed by atoms with Gasteiger partial charge in [0.1, 0.15) is 11.6 Å². The predicted molar refractivity (Wildman–Crippen MR) is 43.5 cm³/mol. The molecule has 1 aromatic carbocycles. The standard InChI is InChI=1S/C7H9N3O/c8-4-2-1-3-5(11)6(4)7(9)10/h1-3,11H,8H2,(H3,9,10). The van der Waals surface area contributed by atoms with Crippen LogP contribution in [0.1, 0.15) is 5.56 Å². The molecule has 0 fully saturated rings. The number of phenols is 1. The summed E-state index contributed by atoms with van der Waals surface area (Å²) >= 11 is 0. The minimum Gasteiger partial charge on any atom is -0.507 e. The molecule has 0 aromatic heterocycles. The highest BCUT2D eigenvalue weighted by atomic mass is 16.3. The number of amidine groups is 1. The molecular weight excluding hydrogens is 142 g/mol. The molecule has 58 valence electrons. The van der Waals surface area contributed by atoms with Crippen molar-refractivity contribution in [2.45, 2.75) is 0 Å². The zero-order valence-corrected chi connectivity index (χ0v) is 5.83. The second-order valence-electron chi connectivity index (χ2n) is 2.16. The molecule has 0 atom stereocenters. The number of nitrogens with one attached hydrogen (secondary N) is 1. The van der Waals surface area contributed by atoms with E-state index < -0.39 is 0 Å². The third-order valence-electron chi connectivity index (χ3n) is 1.34. The Hall–Kier alpha value is -1.71. The maximum absolute atomic E-state index is 9.16. The van der Waals surface area contributed by atoms with E-state index >= 15 is 0 Å². The Balaban J connectivity index is 3.32. The van der Waals surface area contributed by atoms with Gasteiger partial charge in [-0.1, -0.05) is 6.07 Å². The Morgan fingerprint density at radius 3 is 2.45 bits per heavy atom. The molecule has 11 heavy (non-hydrogen) atoms. The first kappa shape index (κ1) is 7.40. The molecule has 0 spiro atoms. The molecule has 0 aliphatic heterocycles. The van der Waals surface area contributed by atoms with Crippen LogP contribution < -0.4 is 11.5 Å². The number of hydrogen-bond donors (Lipinski definition) is 4.